The highest BCUT2D eigenvalue weighted by atomic mass is 16.5. The van der Waals surface area contributed by atoms with Gasteiger partial charge in [0.25, 0.3) is 0 Å². The molecule has 2 aromatic heterocycles. The van der Waals surface area contributed by atoms with Crippen LogP contribution in [0.5, 0.6) is 0 Å². The Bertz CT molecular complexity index is 460. The molecule has 0 saturated heterocycles. The number of esters is 1. The van der Waals surface area contributed by atoms with E-state index in [1.807, 2.05) is 0 Å². The van der Waals surface area contributed by atoms with Gasteiger partial charge in [0, 0.05) is 24.8 Å². The maximum atomic E-state index is 10.6. The summed E-state index contributed by atoms with van der Waals surface area (Å²) in [5, 5.41) is 8.25. The van der Waals surface area contributed by atoms with Crippen molar-refractivity contribution in [2.75, 3.05) is 7.11 Å². The van der Waals surface area contributed by atoms with Crippen LogP contribution in [0, 0.1) is 0 Å². The van der Waals surface area contributed by atoms with Crippen molar-refractivity contribution in [1.29, 1.82) is 0 Å². The van der Waals surface area contributed by atoms with Crippen LogP contribution in [0.2, 0.25) is 0 Å². The number of aromatic carboxylic acids is 1. The minimum absolute atomic E-state index is 0.296. The molecule has 0 aliphatic rings. The molecule has 0 atom stereocenters. The van der Waals surface area contributed by atoms with Crippen LogP contribution in [-0.2, 0) is 4.74 Å². The van der Waals surface area contributed by atoms with Crippen LogP contribution in [0.4, 0.5) is 0 Å². The molecule has 0 radical (unpaired) electrons. The normalized spacial score (nSPS) is 9.00. The highest BCUT2D eigenvalue weighted by Crippen LogP contribution is 1.97. The molecule has 0 aromatic carbocycles. The Morgan fingerprint density at radius 2 is 1.65 bits per heavy atom. The Hall–Kier alpha value is -2.50. The summed E-state index contributed by atoms with van der Waals surface area (Å²) in [7, 11) is 1.36. The van der Waals surface area contributed by atoms with Gasteiger partial charge in [-0.15, -0.1) is 0 Å². The van der Waals surface area contributed by atoms with Crippen molar-refractivity contribution >= 4 is 11.9 Å². The van der Waals surface area contributed by atoms with E-state index in [0.29, 0.717) is 11.1 Å². The van der Waals surface area contributed by atoms with E-state index >= 15 is 0 Å². The van der Waals surface area contributed by atoms with Crippen molar-refractivity contribution in [3.8, 4) is 0 Å². The quantitative estimate of drug-likeness (QED) is 0.689. The number of methoxy groups -OCH3 is 1. The van der Waals surface area contributed by atoms with Crippen molar-refractivity contribution in [1.82, 2.24) is 9.97 Å². The zero-order chi connectivity index (χ0) is 12.7. The Kier molecular flexibility index (Phi) is 4.56. The van der Waals surface area contributed by atoms with Crippen LogP contribution < -0.4 is 0 Å². The van der Waals surface area contributed by atoms with Gasteiger partial charge >= 0.3 is 11.9 Å². The third-order valence-corrected chi connectivity index (χ3v) is 1.86. The fourth-order valence-electron chi connectivity index (χ4n) is 1.03. The topological polar surface area (TPSA) is 95.2 Å². The van der Waals surface area contributed by atoms with Crippen LogP contribution >= 0.6 is 0 Å². The molecule has 0 spiro atoms. The molecule has 6 heteroatoms. The van der Waals surface area contributed by atoms with Gasteiger partial charge in [0.1, 0.15) is 0 Å². The van der Waals surface area contributed by atoms with E-state index in [2.05, 4.69) is 14.7 Å². The number of carbonyl (C=O) groups excluding carboxylic acids is 1. The van der Waals surface area contributed by atoms with E-state index in [-0.39, 0.29) is 5.97 Å². The monoisotopic (exact) mass is 236 g/mol. The lowest BCUT2D eigenvalue weighted by Crippen LogP contribution is -1.97. The predicted octanol–water partition coefficient (Wildman–Crippen LogP) is 1.51. The zero-order valence-corrected chi connectivity index (χ0v) is 9.14. The van der Waals surface area contributed by atoms with Gasteiger partial charge < -0.3 is 19.8 Å². The predicted molar refractivity (Wildman–Crippen MR) is 59.9 cm³/mol. The Morgan fingerprint density at radius 1 is 1.12 bits per heavy atom. The standard InChI is InChI=1S/C6H7NO2.C5H5NO2/c1-9-6(8)5-2-3-7-4-5;7-5(8)4-1-2-6-3-4/h2-4,7H,1H3;1-3,6H,(H,7,8). The first-order valence-corrected chi connectivity index (χ1v) is 4.72. The van der Waals surface area contributed by atoms with Crippen LogP contribution in [0.3, 0.4) is 0 Å². The number of H-pyrrole nitrogens is 2. The maximum Gasteiger partial charge on any atom is 0.339 e. The smallest absolute Gasteiger partial charge is 0.339 e. The summed E-state index contributed by atoms with van der Waals surface area (Å²) in [6.07, 6.45) is 6.27. The highest BCUT2D eigenvalue weighted by molar-refractivity contribution is 5.88. The molecule has 0 unspecified atom stereocenters. The van der Waals surface area contributed by atoms with Gasteiger partial charge in [0.15, 0.2) is 0 Å². The average Bonchev–Trinajstić information content (AvgIpc) is 3.01. The van der Waals surface area contributed by atoms with E-state index in [9.17, 15) is 9.59 Å². The fourth-order valence-corrected chi connectivity index (χ4v) is 1.03. The number of nitrogens with one attached hydrogen (secondary N) is 2. The second-order valence-electron chi connectivity index (χ2n) is 3.00. The molecule has 0 aliphatic carbocycles. The number of aromatic nitrogens is 2. The number of aromatic amines is 2. The molecule has 2 rings (SSSR count). The van der Waals surface area contributed by atoms with Gasteiger partial charge in [0.2, 0.25) is 0 Å². The van der Waals surface area contributed by atoms with Gasteiger partial charge in [-0.25, -0.2) is 9.59 Å². The first kappa shape index (κ1) is 12.6. The van der Waals surface area contributed by atoms with Crippen LogP contribution in [0.25, 0.3) is 0 Å². The number of carboxylic acids is 1. The van der Waals surface area contributed by atoms with Crippen LogP contribution in [-0.4, -0.2) is 34.1 Å². The van der Waals surface area contributed by atoms with E-state index in [1.54, 1.807) is 24.7 Å². The van der Waals surface area contributed by atoms with E-state index < -0.39 is 5.97 Å². The summed E-state index contributed by atoms with van der Waals surface area (Å²) in [6.45, 7) is 0. The molecule has 0 bridgehead atoms. The molecule has 2 heterocycles. The van der Waals surface area contributed by atoms with E-state index in [1.165, 1.54) is 19.4 Å². The number of hydrogen-bond donors (Lipinski definition) is 3. The molecular weight excluding hydrogens is 224 g/mol. The molecule has 3 N–H and O–H groups in total. The summed E-state index contributed by atoms with van der Waals surface area (Å²) < 4.78 is 4.44. The van der Waals surface area contributed by atoms with Crippen LogP contribution in [0.15, 0.2) is 36.9 Å². The summed E-state index contributed by atoms with van der Waals surface area (Å²) in [6, 6.07) is 3.16. The van der Waals surface area contributed by atoms with Crippen molar-refractivity contribution in [2.45, 2.75) is 0 Å². The average molecular weight is 236 g/mol. The molecule has 6 nitrogen and oxygen atoms in total. The second-order valence-corrected chi connectivity index (χ2v) is 3.00. The van der Waals surface area contributed by atoms with Crippen LogP contribution in [0.1, 0.15) is 20.7 Å². The maximum absolute atomic E-state index is 10.6. The number of ether oxygens (including phenoxy) is 1. The molecule has 0 saturated carbocycles. The van der Waals surface area contributed by atoms with Gasteiger partial charge in [-0.3, -0.25) is 0 Å². The van der Waals surface area contributed by atoms with Crippen molar-refractivity contribution in [2.24, 2.45) is 0 Å². The van der Waals surface area contributed by atoms with Gasteiger partial charge in [-0.05, 0) is 12.1 Å². The molecule has 2 aromatic rings. The molecule has 90 valence electrons. The highest BCUT2D eigenvalue weighted by Gasteiger charge is 2.02. The van der Waals surface area contributed by atoms with Crippen molar-refractivity contribution < 1.29 is 19.4 Å². The summed E-state index contributed by atoms with van der Waals surface area (Å²) in [5.41, 5.74) is 0.850. The minimum atomic E-state index is -0.897. The molecule has 17 heavy (non-hydrogen) atoms. The van der Waals surface area contributed by atoms with Gasteiger partial charge in [-0.1, -0.05) is 0 Å². The lowest BCUT2D eigenvalue weighted by Gasteiger charge is -1.90. The zero-order valence-electron chi connectivity index (χ0n) is 9.14. The Morgan fingerprint density at radius 3 is 1.94 bits per heavy atom. The second kappa shape index (κ2) is 6.16. The van der Waals surface area contributed by atoms with E-state index in [4.69, 9.17) is 5.11 Å². The van der Waals surface area contributed by atoms with E-state index in [0.717, 1.165) is 0 Å². The number of hydrogen-bond acceptors (Lipinski definition) is 3. The first-order valence-electron chi connectivity index (χ1n) is 4.72. The van der Waals surface area contributed by atoms with Gasteiger partial charge in [-0.2, -0.15) is 0 Å². The number of carboxylic acid groups (broad SMARTS) is 1. The Labute approximate surface area is 97.2 Å². The summed E-state index contributed by atoms with van der Waals surface area (Å²) >= 11 is 0. The first-order chi connectivity index (χ1) is 8.15. The number of rotatable bonds is 2. The lowest BCUT2D eigenvalue weighted by molar-refractivity contribution is 0.0600. The molecule has 0 aliphatic heterocycles. The van der Waals surface area contributed by atoms with Crippen molar-refractivity contribution in [3.63, 3.8) is 0 Å². The largest absolute Gasteiger partial charge is 0.478 e. The summed E-state index contributed by atoms with van der Waals surface area (Å²) in [4.78, 5) is 26.0. The molecule has 0 fully saturated rings. The minimum Gasteiger partial charge on any atom is -0.478 e. The third-order valence-electron chi connectivity index (χ3n) is 1.86. The van der Waals surface area contributed by atoms with Gasteiger partial charge in [0.05, 0.1) is 18.2 Å². The lowest BCUT2D eigenvalue weighted by atomic mass is 10.3. The molecule has 0 amide bonds. The third kappa shape index (κ3) is 3.86. The molecular formula is C11H12N2O4. The fraction of sp³-hybridized carbons (Fsp3) is 0.0909. The summed E-state index contributed by atoms with van der Waals surface area (Å²) in [5.74, 6) is -1.21. The SMILES string of the molecule is COC(=O)c1cc[nH]c1.O=C(O)c1cc[nH]c1. The van der Waals surface area contributed by atoms with Crippen molar-refractivity contribution in [3.05, 3.63) is 48.0 Å². The Balaban J connectivity index is 0.000000171. The number of carbonyl (C=O) groups is 2.